The van der Waals surface area contributed by atoms with Crippen molar-refractivity contribution in [1.82, 2.24) is 0 Å². The van der Waals surface area contributed by atoms with E-state index in [4.69, 9.17) is 4.74 Å². The molecule has 0 aliphatic heterocycles. The summed E-state index contributed by atoms with van der Waals surface area (Å²) in [6, 6.07) is 9.26. The molecule has 1 unspecified atom stereocenters. The molecule has 0 saturated carbocycles. The summed E-state index contributed by atoms with van der Waals surface area (Å²) in [7, 11) is 0. The van der Waals surface area contributed by atoms with Crippen molar-refractivity contribution in [2.24, 2.45) is 0 Å². The predicted molar refractivity (Wildman–Crippen MR) is 101 cm³/mol. The number of ether oxygens (including phenoxy) is 1. The number of aromatic hydroxyl groups is 4. The molecule has 146 valence electrons. The first-order chi connectivity index (χ1) is 12.8. The van der Waals surface area contributed by atoms with Gasteiger partial charge in [0.2, 0.25) is 0 Å². The number of hydrogen-bond acceptors (Lipinski definition) is 6. The van der Waals surface area contributed by atoms with E-state index in [9.17, 15) is 25.2 Å². The minimum atomic E-state index is -0.301. The Morgan fingerprint density at radius 3 is 1.81 bits per heavy atom. The summed E-state index contributed by atoms with van der Waals surface area (Å²) in [6.45, 7) is 3.35. The standard InChI is InChI=1S/C21H26O6/c1-3-16(27-13(2)22)5-4-6-17(14-7-9-18(23)20(25)11-14)15-8-10-19(24)21(26)12-15/h7-12,16-17,23-26H,3-6H2,1-2H3. The molecule has 6 nitrogen and oxygen atoms in total. The number of hydrogen-bond donors (Lipinski definition) is 4. The first-order valence-electron chi connectivity index (χ1n) is 9.02. The van der Waals surface area contributed by atoms with Gasteiger partial charge < -0.3 is 25.2 Å². The third kappa shape index (κ3) is 5.54. The summed E-state index contributed by atoms with van der Waals surface area (Å²) in [4.78, 5) is 11.2. The van der Waals surface area contributed by atoms with Gasteiger partial charge in [-0.25, -0.2) is 0 Å². The fourth-order valence-electron chi connectivity index (χ4n) is 3.17. The molecule has 4 N–H and O–H groups in total. The van der Waals surface area contributed by atoms with E-state index in [0.717, 1.165) is 24.0 Å². The highest BCUT2D eigenvalue weighted by Crippen LogP contribution is 2.37. The number of benzene rings is 2. The minimum Gasteiger partial charge on any atom is -0.504 e. The molecule has 0 heterocycles. The van der Waals surface area contributed by atoms with Crippen molar-refractivity contribution in [1.29, 1.82) is 0 Å². The zero-order valence-electron chi connectivity index (χ0n) is 15.6. The third-order valence-corrected chi connectivity index (χ3v) is 4.61. The number of rotatable bonds is 8. The Bertz CT molecular complexity index is 735. The molecule has 0 radical (unpaired) electrons. The fourth-order valence-corrected chi connectivity index (χ4v) is 3.17. The van der Waals surface area contributed by atoms with Crippen LogP contribution in [0.3, 0.4) is 0 Å². The molecule has 2 rings (SSSR count). The van der Waals surface area contributed by atoms with E-state index in [1.165, 1.54) is 31.2 Å². The Hall–Kier alpha value is -2.89. The molecule has 0 aliphatic carbocycles. The van der Waals surface area contributed by atoms with Gasteiger partial charge in [0.1, 0.15) is 6.10 Å². The maximum Gasteiger partial charge on any atom is 0.302 e. The lowest BCUT2D eigenvalue weighted by atomic mass is 9.86. The van der Waals surface area contributed by atoms with Crippen LogP contribution in [0.2, 0.25) is 0 Å². The maximum atomic E-state index is 11.2. The molecule has 0 spiro atoms. The highest BCUT2D eigenvalue weighted by Gasteiger charge is 2.19. The molecule has 2 aromatic carbocycles. The Morgan fingerprint density at radius 2 is 1.41 bits per heavy atom. The van der Waals surface area contributed by atoms with Crippen LogP contribution in [0, 0.1) is 0 Å². The van der Waals surface area contributed by atoms with E-state index in [0.29, 0.717) is 12.8 Å². The number of phenols is 4. The van der Waals surface area contributed by atoms with Crippen molar-refractivity contribution < 1.29 is 30.0 Å². The molecule has 0 bridgehead atoms. The molecule has 0 saturated heterocycles. The third-order valence-electron chi connectivity index (χ3n) is 4.61. The van der Waals surface area contributed by atoms with Crippen LogP contribution in [0.25, 0.3) is 0 Å². The van der Waals surface area contributed by atoms with Gasteiger partial charge in [-0.3, -0.25) is 4.79 Å². The van der Waals surface area contributed by atoms with Crippen molar-refractivity contribution in [2.75, 3.05) is 0 Å². The largest absolute Gasteiger partial charge is 0.504 e. The second-order valence-electron chi connectivity index (χ2n) is 6.62. The van der Waals surface area contributed by atoms with Crippen molar-refractivity contribution in [2.45, 2.75) is 51.6 Å². The van der Waals surface area contributed by atoms with Gasteiger partial charge in [0, 0.05) is 12.8 Å². The second-order valence-corrected chi connectivity index (χ2v) is 6.62. The lowest BCUT2D eigenvalue weighted by Crippen LogP contribution is -2.15. The molecule has 2 aromatic rings. The molecule has 0 aliphatic rings. The van der Waals surface area contributed by atoms with Crippen molar-refractivity contribution in [3.63, 3.8) is 0 Å². The summed E-state index contributed by atoms with van der Waals surface area (Å²) in [5.74, 6) is -1.30. The molecule has 27 heavy (non-hydrogen) atoms. The fraction of sp³-hybridized carbons (Fsp3) is 0.381. The van der Waals surface area contributed by atoms with Crippen LogP contribution in [0.15, 0.2) is 36.4 Å². The molecular formula is C21H26O6. The number of carbonyl (C=O) groups excluding carboxylic acids is 1. The van der Waals surface area contributed by atoms with Gasteiger partial charge in [0.05, 0.1) is 0 Å². The molecular weight excluding hydrogens is 348 g/mol. The van der Waals surface area contributed by atoms with Gasteiger partial charge in [0.25, 0.3) is 0 Å². The second kappa shape index (κ2) is 9.16. The summed E-state index contributed by atoms with van der Waals surface area (Å²) in [5, 5.41) is 38.8. The first kappa shape index (κ1) is 20.4. The maximum absolute atomic E-state index is 11.2. The van der Waals surface area contributed by atoms with Crippen LogP contribution < -0.4 is 0 Å². The highest BCUT2D eigenvalue weighted by atomic mass is 16.5. The average Bonchev–Trinajstić information content (AvgIpc) is 2.62. The molecule has 0 aromatic heterocycles. The van der Waals surface area contributed by atoms with Gasteiger partial charge >= 0.3 is 5.97 Å². The summed E-state index contributed by atoms with van der Waals surface area (Å²) in [6.07, 6.45) is 2.70. The quantitative estimate of drug-likeness (QED) is 0.408. The van der Waals surface area contributed by atoms with Crippen LogP contribution in [-0.4, -0.2) is 32.5 Å². The van der Waals surface area contributed by atoms with E-state index < -0.39 is 0 Å². The van der Waals surface area contributed by atoms with Gasteiger partial charge in [-0.2, -0.15) is 0 Å². The van der Waals surface area contributed by atoms with Crippen molar-refractivity contribution in [3.8, 4) is 23.0 Å². The minimum absolute atomic E-state index is 0.149. The monoisotopic (exact) mass is 374 g/mol. The van der Waals surface area contributed by atoms with Crippen molar-refractivity contribution >= 4 is 5.97 Å². The Morgan fingerprint density at radius 1 is 0.889 bits per heavy atom. The van der Waals surface area contributed by atoms with E-state index in [1.54, 1.807) is 12.1 Å². The smallest absolute Gasteiger partial charge is 0.302 e. The number of carbonyl (C=O) groups is 1. The van der Waals surface area contributed by atoms with Crippen LogP contribution >= 0.6 is 0 Å². The van der Waals surface area contributed by atoms with Crippen molar-refractivity contribution in [3.05, 3.63) is 47.5 Å². The zero-order valence-corrected chi connectivity index (χ0v) is 15.6. The molecule has 6 heteroatoms. The van der Waals surface area contributed by atoms with Crippen LogP contribution in [-0.2, 0) is 9.53 Å². The van der Waals surface area contributed by atoms with Gasteiger partial charge in [-0.05, 0) is 61.1 Å². The Balaban J connectivity index is 2.22. The SMILES string of the molecule is CCC(CCCC(c1ccc(O)c(O)c1)c1ccc(O)c(O)c1)OC(C)=O. The summed E-state index contributed by atoms with van der Waals surface area (Å²) >= 11 is 0. The molecule has 0 amide bonds. The summed E-state index contributed by atoms with van der Waals surface area (Å²) < 4.78 is 5.28. The van der Waals surface area contributed by atoms with E-state index in [2.05, 4.69) is 0 Å². The molecule has 0 fully saturated rings. The summed E-state index contributed by atoms with van der Waals surface area (Å²) in [5.41, 5.74) is 1.55. The average molecular weight is 374 g/mol. The number of esters is 1. The lowest BCUT2D eigenvalue weighted by molar-refractivity contribution is -0.146. The first-order valence-corrected chi connectivity index (χ1v) is 9.02. The van der Waals surface area contributed by atoms with E-state index >= 15 is 0 Å². The van der Waals surface area contributed by atoms with E-state index in [-0.39, 0.29) is 41.0 Å². The predicted octanol–water partition coefficient (Wildman–Crippen LogP) is 4.15. The van der Waals surface area contributed by atoms with Crippen LogP contribution in [0.4, 0.5) is 0 Å². The normalized spacial score (nSPS) is 12.1. The highest BCUT2D eigenvalue weighted by molar-refractivity contribution is 5.66. The van der Waals surface area contributed by atoms with Gasteiger partial charge in [-0.1, -0.05) is 19.1 Å². The van der Waals surface area contributed by atoms with E-state index in [1.807, 2.05) is 6.92 Å². The Labute approximate surface area is 158 Å². The lowest BCUT2D eigenvalue weighted by Gasteiger charge is -2.21. The van der Waals surface area contributed by atoms with Crippen LogP contribution in [0.1, 0.15) is 56.6 Å². The zero-order chi connectivity index (χ0) is 20.0. The molecule has 1 atom stereocenters. The van der Waals surface area contributed by atoms with Gasteiger partial charge in [0.15, 0.2) is 23.0 Å². The Kier molecular flexibility index (Phi) is 6.93. The number of phenolic OH excluding ortho intramolecular Hbond substituents is 4. The topological polar surface area (TPSA) is 107 Å². The van der Waals surface area contributed by atoms with Crippen LogP contribution in [0.5, 0.6) is 23.0 Å². The van der Waals surface area contributed by atoms with Gasteiger partial charge in [-0.15, -0.1) is 0 Å².